The molecule has 4 heterocycles. The Kier molecular flexibility index (Phi) is 12.5. The number of unbranched alkanes of at least 4 members (excludes halogenated alkanes) is 2. The van der Waals surface area contributed by atoms with Gasteiger partial charge in [0.05, 0.1) is 22.1 Å². The fraction of sp³-hybridized carbons (Fsp3) is 0.566. The molecule has 12 nitrogen and oxygen atoms in total. The van der Waals surface area contributed by atoms with E-state index in [0.29, 0.717) is 47.6 Å². The van der Waals surface area contributed by atoms with Crippen molar-refractivity contribution < 1.29 is 23.6 Å². The summed E-state index contributed by atoms with van der Waals surface area (Å²) in [5.41, 5.74) is 1.93. The van der Waals surface area contributed by atoms with Gasteiger partial charge < -0.3 is 15.5 Å². The van der Waals surface area contributed by atoms with E-state index < -0.39 is 40.7 Å². The summed E-state index contributed by atoms with van der Waals surface area (Å²) >= 11 is 13.1. The van der Waals surface area contributed by atoms with Crippen LogP contribution in [0.25, 0.3) is 11.0 Å². The van der Waals surface area contributed by atoms with E-state index in [1.807, 2.05) is 24.3 Å². The van der Waals surface area contributed by atoms with Gasteiger partial charge >= 0.3 is 5.69 Å². The highest BCUT2D eigenvalue weighted by molar-refractivity contribution is 6.31. The van der Waals surface area contributed by atoms with Crippen LogP contribution in [0, 0.1) is 11.2 Å². The van der Waals surface area contributed by atoms with Gasteiger partial charge in [-0.15, -0.1) is 0 Å². The molecule has 15 heteroatoms. The Morgan fingerprint density at radius 1 is 0.882 bits per heavy atom. The first-order chi connectivity index (χ1) is 32.7. The second-order valence-electron chi connectivity index (χ2n) is 21.2. The van der Waals surface area contributed by atoms with Crippen LogP contribution in [-0.2, 0) is 38.1 Å². The van der Waals surface area contributed by atoms with Gasteiger partial charge in [0.25, 0.3) is 0 Å². The van der Waals surface area contributed by atoms with Crippen LogP contribution in [0.2, 0.25) is 10.0 Å². The van der Waals surface area contributed by atoms with E-state index in [1.165, 1.54) is 10.6 Å². The second kappa shape index (κ2) is 18.0. The van der Waals surface area contributed by atoms with Gasteiger partial charge in [-0.3, -0.25) is 38.5 Å². The Labute approximate surface area is 407 Å². The Morgan fingerprint density at radius 3 is 2.35 bits per heavy atom. The number of anilines is 1. The van der Waals surface area contributed by atoms with Gasteiger partial charge in [-0.2, -0.15) is 0 Å². The number of hydrogen-bond donors (Lipinski definition) is 3. The standard InChI is InChI=1S/C53H64Cl2FN7O5/c1-4-62-45(43(35-13-11-14-37(55)44(35)56)53(52(62)21-8-6-9-22-52)36-17-16-34(54)31-38(36)57-48(53)67)47(66)59-51-26-23-50(24-27-51,25-28-51)32-60(2)29-10-5-7-12-33-15-18-39-41(30-33)61(3)49(68)63(39)40-19-20-42(64)58-46(40)65/h11,13-18,30-31,40,43,45H,4-10,12,19-29,32H2,1-3H3,(H,57,67)(H,59,66)(H,58,64,65)/t40?,43-,45+,50?,51?,53+/m0/s1. The summed E-state index contributed by atoms with van der Waals surface area (Å²) in [5.74, 6) is -2.48. The largest absolute Gasteiger partial charge is 0.349 e. The molecule has 6 fully saturated rings. The van der Waals surface area contributed by atoms with Crippen molar-refractivity contribution in [2.45, 2.75) is 151 Å². The number of halogens is 3. The van der Waals surface area contributed by atoms with Gasteiger partial charge in [0, 0.05) is 47.7 Å². The van der Waals surface area contributed by atoms with E-state index in [9.17, 15) is 14.4 Å². The lowest BCUT2D eigenvalue weighted by Gasteiger charge is -2.55. The van der Waals surface area contributed by atoms with Crippen molar-refractivity contribution in [3.8, 4) is 0 Å². The molecular weight excluding hydrogens is 905 g/mol. The van der Waals surface area contributed by atoms with Crippen LogP contribution in [0.5, 0.6) is 0 Å². The van der Waals surface area contributed by atoms with E-state index >= 15 is 14.0 Å². The van der Waals surface area contributed by atoms with Crippen molar-refractivity contribution in [3.63, 3.8) is 0 Å². The van der Waals surface area contributed by atoms with Gasteiger partial charge in [0.1, 0.15) is 17.3 Å². The average molecular weight is 969 g/mol. The summed E-state index contributed by atoms with van der Waals surface area (Å²) in [6.45, 7) is 4.60. The molecule has 362 valence electrons. The van der Waals surface area contributed by atoms with Gasteiger partial charge in [-0.1, -0.05) is 80.1 Å². The van der Waals surface area contributed by atoms with Crippen LogP contribution in [-0.4, -0.2) is 86.4 Å². The lowest BCUT2D eigenvalue weighted by molar-refractivity contribution is -0.136. The topological polar surface area (TPSA) is 138 Å². The smallest absolute Gasteiger partial charge is 0.329 e. The molecule has 68 heavy (non-hydrogen) atoms. The summed E-state index contributed by atoms with van der Waals surface area (Å²) in [6.07, 6.45) is 14.5. The number of benzene rings is 3. The number of piperidine rings is 1. The number of imide groups is 1. The van der Waals surface area contributed by atoms with Crippen LogP contribution in [0.4, 0.5) is 10.1 Å². The molecule has 2 bridgehead atoms. The Bertz CT molecular complexity index is 2720. The number of nitrogens with one attached hydrogen (secondary N) is 3. The molecule has 4 aliphatic carbocycles. The number of carbonyl (C=O) groups is 4. The number of likely N-dealkylation sites (N-methyl/N-ethyl adjacent to an activating group) is 1. The number of nitrogens with zero attached hydrogens (tertiary/aromatic N) is 4. The first-order valence-corrected chi connectivity index (χ1v) is 25.8. The molecule has 3 N–H and O–H groups in total. The molecule has 2 saturated heterocycles. The minimum Gasteiger partial charge on any atom is -0.349 e. The van der Waals surface area contributed by atoms with Gasteiger partial charge in [0.2, 0.25) is 23.6 Å². The Hall–Kier alpha value is -4.56. The van der Waals surface area contributed by atoms with Crippen LogP contribution < -0.4 is 21.6 Å². The van der Waals surface area contributed by atoms with Gasteiger partial charge in [0.15, 0.2) is 0 Å². The zero-order valence-corrected chi connectivity index (χ0v) is 41.0. The van der Waals surface area contributed by atoms with E-state index in [-0.39, 0.29) is 45.8 Å². The first kappa shape index (κ1) is 47.1. The highest BCUT2D eigenvalue weighted by Gasteiger charge is 2.75. The molecule has 4 amide bonds. The van der Waals surface area contributed by atoms with E-state index in [4.69, 9.17) is 23.2 Å². The number of rotatable bonds is 13. The summed E-state index contributed by atoms with van der Waals surface area (Å²) in [7, 11) is 3.96. The van der Waals surface area contributed by atoms with E-state index in [1.54, 1.807) is 29.8 Å². The van der Waals surface area contributed by atoms with E-state index in [0.717, 1.165) is 113 Å². The number of hydrogen-bond acceptors (Lipinski definition) is 7. The van der Waals surface area contributed by atoms with Crippen LogP contribution in [0.15, 0.2) is 59.4 Å². The molecule has 0 radical (unpaired) electrons. The highest BCUT2D eigenvalue weighted by Crippen LogP contribution is 2.66. The van der Waals surface area contributed by atoms with Crippen molar-refractivity contribution in [2.75, 3.05) is 32.0 Å². The van der Waals surface area contributed by atoms with Gasteiger partial charge in [-0.05, 0) is 150 Å². The summed E-state index contributed by atoms with van der Waals surface area (Å²) in [5, 5.41) is 9.69. The number of likely N-dealkylation sites (tertiary alicyclic amines) is 1. The predicted octanol–water partition coefficient (Wildman–Crippen LogP) is 8.70. The minimum absolute atomic E-state index is 0.0238. The fourth-order valence-electron chi connectivity index (χ4n) is 14.4. The van der Waals surface area contributed by atoms with E-state index in [2.05, 4.69) is 45.8 Å². The maximum Gasteiger partial charge on any atom is 0.329 e. The number of fused-ring (bicyclic) bond motifs is 7. The number of aromatic nitrogens is 2. The van der Waals surface area contributed by atoms with Crippen molar-refractivity contribution in [1.82, 2.24) is 29.6 Å². The van der Waals surface area contributed by atoms with Gasteiger partial charge in [-0.25, -0.2) is 9.18 Å². The molecule has 1 aromatic heterocycles. The number of amides is 4. The molecule has 2 spiro atoms. The summed E-state index contributed by atoms with van der Waals surface area (Å²) < 4.78 is 19.8. The molecule has 4 atom stereocenters. The minimum atomic E-state index is -1.25. The van der Waals surface area contributed by atoms with Crippen LogP contribution >= 0.6 is 23.2 Å². The summed E-state index contributed by atoms with van der Waals surface area (Å²) in [6, 6.07) is 15.0. The normalized spacial score (nSPS) is 28.8. The van der Waals surface area contributed by atoms with Crippen LogP contribution in [0.3, 0.4) is 0 Å². The zero-order chi connectivity index (χ0) is 47.8. The summed E-state index contributed by atoms with van der Waals surface area (Å²) in [4.78, 5) is 72.9. The Morgan fingerprint density at radius 2 is 1.63 bits per heavy atom. The molecule has 4 saturated carbocycles. The third-order valence-electron chi connectivity index (χ3n) is 17.6. The fourth-order valence-corrected chi connectivity index (χ4v) is 14.8. The Balaban J connectivity index is 0.797. The maximum absolute atomic E-state index is 16.7. The predicted molar refractivity (Wildman–Crippen MR) is 263 cm³/mol. The molecule has 1 unspecified atom stereocenters. The number of imidazole rings is 1. The lowest BCUT2D eigenvalue weighted by Crippen LogP contribution is -2.63. The average Bonchev–Trinajstić information content (AvgIpc) is 3.85. The molecule has 3 aromatic carbocycles. The zero-order valence-electron chi connectivity index (χ0n) is 39.5. The lowest BCUT2D eigenvalue weighted by atomic mass is 9.55. The third kappa shape index (κ3) is 7.55. The molecule has 4 aromatic rings. The van der Waals surface area contributed by atoms with Crippen molar-refractivity contribution in [2.24, 2.45) is 12.5 Å². The highest BCUT2D eigenvalue weighted by atomic mass is 35.5. The monoisotopic (exact) mass is 967 g/mol. The molecule has 11 rings (SSSR count). The molecular formula is C53H64Cl2FN7O5. The van der Waals surface area contributed by atoms with Crippen molar-refractivity contribution >= 4 is 63.6 Å². The maximum atomic E-state index is 16.7. The van der Waals surface area contributed by atoms with Crippen molar-refractivity contribution in [3.05, 3.63) is 97.6 Å². The number of aryl methyl sites for hydroxylation is 2. The quantitative estimate of drug-likeness (QED) is 0.0901. The third-order valence-corrected chi connectivity index (χ3v) is 18.1. The molecule has 3 aliphatic heterocycles. The van der Waals surface area contributed by atoms with Crippen molar-refractivity contribution in [1.29, 1.82) is 0 Å². The molecule has 7 aliphatic rings. The number of carbonyl (C=O) groups excluding carboxylic acids is 4. The second-order valence-corrected chi connectivity index (χ2v) is 22.1. The SMILES string of the molecule is CCN1[C@@H](C(=O)NC23CCC(CN(C)CCCCCc4ccc5c(c4)n(C)c(=O)n5C4CCC(=O)NC4=O)(CC2)CC3)[C@H](c2cccc(Cl)c2F)[C@]2(C(=O)Nc3cc(Cl)ccc32)C12CCCCC2. The first-order valence-electron chi connectivity index (χ1n) is 25.0. The van der Waals surface area contributed by atoms with Crippen LogP contribution in [0.1, 0.15) is 138 Å².